The van der Waals surface area contributed by atoms with Crippen LogP contribution >= 0.6 is 0 Å². The first-order valence-electron chi connectivity index (χ1n) is 10.4. The van der Waals surface area contributed by atoms with Gasteiger partial charge < -0.3 is 10.2 Å². The number of aryl methyl sites for hydroxylation is 1. The fourth-order valence-corrected chi connectivity index (χ4v) is 4.66. The normalized spacial score (nSPS) is 23.2. The van der Waals surface area contributed by atoms with Crippen molar-refractivity contribution in [3.8, 4) is 0 Å². The third-order valence-corrected chi connectivity index (χ3v) is 6.35. The van der Waals surface area contributed by atoms with Crippen LogP contribution in [-0.2, 0) is 17.8 Å². The summed E-state index contributed by atoms with van der Waals surface area (Å²) in [5, 5.41) is 7.81. The molecule has 0 bridgehead atoms. The highest BCUT2D eigenvalue weighted by atomic mass is 16.2. The SMILES string of the molecule is O=C(NCCn1cc2c(n1)[C@H]1CN(C(=O)C3CC3)C[C@H]1CC2)c1ccccc1. The monoisotopic (exact) mass is 378 g/mol. The maximum atomic E-state index is 12.5. The van der Waals surface area contributed by atoms with Gasteiger partial charge in [-0.25, -0.2) is 0 Å². The van der Waals surface area contributed by atoms with Gasteiger partial charge in [-0.1, -0.05) is 18.2 Å². The number of nitrogens with zero attached hydrogens (tertiary/aromatic N) is 3. The van der Waals surface area contributed by atoms with Crippen LogP contribution in [0.1, 0.15) is 46.8 Å². The molecule has 2 amide bonds. The zero-order valence-corrected chi connectivity index (χ0v) is 16.0. The highest BCUT2D eigenvalue weighted by Gasteiger charge is 2.44. The van der Waals surface area contributed by atoms with E-state index in [0.29, 0.717) is 42.3 Å². The van der Waals surface area contributed by atoms with Gasteiger partial charge in [0.25, 0.3) is 5.91 Å². The van der Waals surface area contributed by atoms with E-state index in [4.69, 9.17) is 5.10 Å². The molecule has 28 heavy (non-hydrogen) atoms. The molecule has 1 aromatic carbocycles. The van der Waals surface area contributed by atoms with Crippen molar-refractivity contribution in [1.82, 2.24) is 20.0 Å². The molecule has 0 radical (unpaired) electrons. The number of hydrogen-bond donors (Lipinski definition) is 1. The van der Waals surface area contributed by atoms with E-state index in [-0.39, 0.29) is 5.91 Å². The molecule has 1 saturated heterocycles. The van der Waals surface area contributed by atoms with E-state index < -0.39 is 0 Å². The summed E-state index contributed by atoms with van der Waals surface area (Å²) in [4.78, 5) is 26.7. The van der Waals surface area contributed by atoms with E-state index in [9.17, 15) is 9.59 Å². The Balaban J connectivity index is 1.21. The Bertz CT molecular complexity index is 887. The molecule has 2 aliphatic carbocycles. The van der Waals surface area contributed by atoms with Gasteiger partial charge in [0.1, 0.15) is 0 Å². The quantitative estimate of drug-likeness (QED) is 0.867. The highest BCUT2D eigenvalue weighted by molar-refractivity contribution is 5.94. The highest BCUT2D eigenvalue weighted by Crippen LogP contribution is 2.42. The van der Waals surface area contributed by atoms with Crippen molar-refractivity contribution >= 4 is 11.8 Å². The molecule has 3 aliphatic rings. The van der Waals surface area contributed by atoms with E-state index in [1.54, 1.807) is 0 Å². The van der Waals surface area contributed by atoms with Gasteiger partial charge in [-0.3, -0.25) is 14.3 Å². The molecule has 6 nitrogen and oxygen atoms in total. The van der Waals surface area contributed by atoms with Crippen molar-refractivity contribution in [2.75, 3.05) is 19.6 Å². The first-order valence-corrected chi connectivity index (χ1v) is 10.4. The van der Waals surface area contributed by atoms with Gasteiger partial charge in [0, 0.05) is 43.2 Å². The number of carbonyl (C=O) groups excluding carboxylic acids is 2. The van der Waals surface area contributed by atoms with Crippen molar-refractivity contribution < 1.29 is 9.59 Å². The molecule has 5 rings (SSSR count). The van der Waals surface area contributed by atoms with E-state index in [0.717, 1.165) is 38.8 Å². The van der Waals surface area contributed by atoms with Crippen LogP contribution < -0.4 is 5.32 Å². The van der Waals surface area contributed by atoms with Crippen LogP contribution in [0.5, 0.6) is 0 Å². The lowest BCUT2D eigenvalue weighted by atomic mass is 9.81. The summed E-state index contributed by atoms with van der Waals surface area (Å²) in [6.45, 7) is 2.94. The summed E-state index contributed by atoms with van der Waals surface area (Å²) in [7, 11) is 0. The summed E-state index contributed by atoms with van der Waals surface area (Å²) in [5.74, 6) is 1.54. The van der Waals surface area contributed by atoms with Gasteiger partial charge >= 0.3 is 0 Å². The van der Waals surface area contributed by atoms with Crippen molar-refractivity contribution in [2.45, 2.75) is 38.1 Å². The Hall–Kier alpha value is -2.63. The van der Waals surface area contributed by atoms with E-state index in [2.05, 4.69) is 16.4 Å². The smallest absolute Gasteiger partial charge is 0.251 e. The van der Waals surface area contributed by atoms with E-state index in [1.165, 1.54) is 11.3 Å². The lowest BCUT2D eigenvalue weighted by molar-refractivity contribution is -0.131. The molecule has 2 fully saturated rings. The summed E-state index contributed by atoms with van der Waals surface area (Å²) in [5.41, 5.74) is 3.17. The summed E-state index contributed by atoms with van der Waals surface area (Å²) >= 11 is 0. The Labute approximate surface area is 164 Å². The molecule has 2 aromatic rings. The van der Waals surface area contributed by atoms with Crippen LogP contribution in [0, 0.1) is 11.8 Å². The lowest BCUT2D eigenvalue weighted by Gasteiger charge is -2.22. The Morgan fingerprint density at radius 2 is 1.93 bits per heavy atom. The molecular formula is C22H26N4O2. The minimum absolute atomic E-state index is 0.0531. The zero-order valence-electron chi connectivity index (χ0n) is 16.0. The summed E-state index contributed by atoms with van der Waals surface area (Å²) in [6, 6.07) is 9.27. The zero-order chi connectivity index (χ0) is 19.1. The average Bonchev–Trinajstić information content (AvgIpc) is 3.33. The van der Waals surface area contributed by atoms with Crippen molar-refractivity contribution in [1.29, 1.82) is 0 Å². The maximum Gasteiger partial charge on any atom is 0.251 e. The van der Waals surface area contributed by atoms with E-state index >= 15 is 0 Å². The van der Waals surface area contributed by atoms with Gasteiger partial charge in [-0.2, -0.15) is 5.10 Å². The largest absolute Gasteiger partial charge is 0.350 e. The molecule has 2 heterocycles. The minimum Gasteiger partial charge on any atom is -0.350 e. The summed E-state index contributed by atoms with van der Waals surface area (Å²) < 4.78 is 1.96. The molecule has 146 valence electrons. The summed E-state index contributed by atoms with van der Waals surface area (Å²) in [6.07, 6.45) is 6.45. The number of fused-ring (bicyclic) bond motifs is 3. The van der Waals surface area contributed by atoms with Gasteiger partial charge in [0.05, 0.1) is 12.2 Å². The number of hydrogen-bond acceptors (Lipinski definition) is 3. The second-order valence-electron chi connectivity index (χ2n) is 8.35. The maximum absolute atomic E-state index is 12.5. The molecule has 1 N–H and O–H groups in total. The number of rotatable bonds is 5. The number of carbonyl (C=O) groups is 2. The molecule has 0 unspecified atom stereocenters. The van der Waals surface area contributed by atoms with E-state index in [1.807, 2.05) is 35.0 Å². The van der Waals surface area contributed by atoms with Crippen LogP contribution in [0.15, 0.2) is 36.5 Å². The van der Waals surface area contributed by atoms with Crippen molar-refractivity contribution in [2.24, 2.45) is 11.8 Å². The Morgan fingerprint density at radius 1 is 1.11 bits per heavy atom. The Morgan fingerprint density at radius 3 is 2.71 bits per heavy atom. The van der Waals surface area contributed by atoms with Crippen LogP contribution in [0.3, 0.4) is 0 Å². The standard InChI is InChI=1S/C22H26N4O2/c27-21(15-4-2-1-3-5-15)23-10-11-26-13-18-9-8-17-12-25(22(28)16-6-7-16)14-19(17)20(18)24-26/h1-5,13,16-17,19H,6-12,14H2,(H,23,27)/t17-,19+/m1/s1. The van der Waals surface area contributed by atoms with Crippen LogP contribution in [-0.4, -0.2) is 46.1 Å². The van der Waals surface area contributed by atoms with Gasteiger partial charge in [0.15, 0.2) is 0 Å². The average molecular weight is 378 g/mol. The van der Waals surface area contributed by atoms with Crippen molar-refractivity contribution in [3.63, 3.8) is 0 Å². The molecule has 2 atom stereocenters. The van der Waals surface area contributed by atoms with Gasteiger partial charge in [0.2, 0.25) is 5.91 Å². The lowest BCUT2D eigenvalue weighted by Crippen LogP contribution is -2.30. The molecule has 1 aliphatic heterocycles. The minimum atomic E-state index is -0.0531. The first-order chi connectivity index (χ1) is 13.7. The van der Waals surface area contributed by atoms with Gasteiger partial charge in [-0.15, -0.1) is 0 Å². The predicted octanol–water partition coefficient (Wildman–Crippen LogP) is 2.21. The van der Waals surface area contributed by atoms with Gasteiger partial charge in [-0.05, 0) is 49.3 Å². The number of nitrogens with one attached hydrogen (secondary N) is 1. The fraction of sp³-hybridized carbons (Fsp3) is 0.500. The Kier molecular flexibility index (Phi) is 4.41. The topological polar surface area (TPSA) is 67.2 Å². The third-order valence-electron chi connectivity index (χ3n) is 6.35. The number of amides is 2. The number of aromatic nitrogens is 2. The molecule has 0 spiro atoms. The molecular weight excluding hydrogens is 352 g/mol. The number of benzene rings is 1. The second-order valence-corrected chi connectivity index (χ2v) is 8.35. The van der Waals surface area contributed by atoms with Crippen molar-refractivity contribution in [3.05, 3.63) is 53.3 Å². The fourth-order valence-electron chi connectivity index (χ4n) is 4.66. The molecule has 1 aromatic heterocycles. The van der Waals surface area contributed by atoms with Crippen LogP contribution in [0.25, 0.3) is 0 Å². The molecule has 1 saturated carbocycles. The second kappa shape index (κ2) is 7.08. The van der Waals surface area contributed by atoms with Crippen LogP contribution in [0.4, 0.5) is 0 Å². The number of likely N-dealkylation sites (tertiary alicyclic amines) is 1. The molecule has 6 heteroatoms. The predicted molar refractivity (Wildman–Crippen MR) is 105 cm³/mol. The van der Waals surface area contributed by atoms with Crippen LogP contribution in [0.2, 0.25) is 0 Å². The first kappa shape index (κ1) is 17.5. The third kappa shape index (κ3) is 3.32.